The van der Waals surface area contributed by atoms with E-state index in [2.05, 4.69) is 15.6 Å². The summed E-state index contributed by atoms with van der Waals surface area (Å²) >= 11 is 6.50. The molecule has 2 fully saturated rings. The fourth-order valence-corrected chi connectivity index (χ4v) is 5.34. The van der Waals surface area contributed by atoms with Crippen LogP contribution in [0, 0.1) is 17.1 Å². The minimum atomic E-state index is -2.92. The number of nitriles is 1. The summed E-state index contributed by atoms with van der Waals surface area (Å²) in [5, 5.41) is 14.9. The van der Waals surface area contributed by atoms with Crippen molar-refractivity contribution >= 4 is 40.8 Å². The molecule has 0 radical (unpaired) electrons. The number of halogens is 4. The lowest BCUT2D eigenvalue weighted by Gasteiger charge is -2.41. The lowest BCUT2D eigenvalue weighted by Crippen LogP contribution is -2.63. The Kier molecular flexibility index (Phi) is 8.15. The van der Waals surface area contributed by atoms with Gasteiger partial charge in [0.05, 0.1) is 18.2 Å². The van der Waals surface area contributed by atoms with Crippen molar-refractivity contribution in [3.63, 3.8) is 0 Å². The first-order chi connectivity index (χ1) is 20.1. The van der Waals surface area contributed by atoms with Crippen LogP contribution >= 0.6 is 11.6 Å². The number of piperazine rings is 1. The van der Waals surface area contributed by atoms with Crippen LogP contribution in [0.1, 0.15) is 30.0 Å². The highest BCUT2D eigenvalue weighted by Gasteiger charge is 2.48. The maximum atomic E-state index is 14.6. The predicted molar refractivity (Wildman–Crippen MR) is 147 cm³/mol. The second-order valence-electron chi connectivity index (χ2n) is 10.0. The van der Waals surface area contributed by atoms with Crippen molar-refractivity contribution in [2.45, 2.75) is 36.9 Å². The second-order valence-corrected chi connectivity index (χ2v) is 10.4. The van der Waals surface area contributed by atoms with Crippen LogP contribution in [-0.4, -0.2) is 53.8 Å². The molecule has 0 unspecified atom stereocenters. The van der Waals surface area contributed by atoms with Crippen molar-refractivity contribution < 1.29 is 27.6 Å². The molecule has 1 aromatic heterocycles. The van der Waals surface area contributed by atoms with Gasteiger partial charge in [0.2, 0.25) is 11.8 Å². The second kappa shape index (κ2) is 11.8. The Labute approximate surface area is 243 Å². The number of pyridine rings is 1. The number of nitrogens with one attached hydrogen (secondary N) is 2. The molecule has 1 saturated carbocycles. The van der Waals surface area contributed by atoms with Crippen LogP contribution in [0.3, 0.4) is 0 Å². The molecule has 2 aliphatic rings. The van der Waals surface area contributed by atoms with E-state index in [0.717, 1.165) is 21.9 Å². The summed E-state index contributed by atoms with van der Waals surface area (Å²) in [5.41, 5.74) is 0.326. The number of amides is 3. The predicted octanol–water partition coefficient (Wildman–Crippen LogP) is 3.74. The highest BCUT2D eigenvalue weighted by molar-refractivity contribution is 6.31. The third-order valence-electron chi connectivity index (χ3n) is 7.07. The fourth-order valence-electron chi connectivity index (χ4n) is 5.10. The quantitative estimate of drug-likeness (QED) is 0.429. The van der Waals surface area contributed by atoms with Gasteiger partial charge in [-0.2, -0.15) is 5.26 Å². The highest BCUT2D eigenvalue weighted by Crippen LogP contribution is 2.39. The van der Waals surface area contributed by atoms with Crippen LogP contribution in [0.4, 0.5) is 24.7 Å². The third kappa shape index (κ3) is 5.93. The van der Waals surface area contributed by atoms with Gasteiger partial charge in [-0.05, 0) is 36.4 Å². The minimum absolute atomic E-state index is 0.0317. The Morgan fingerprint density at radius 3 is 2.62 bits per heavy atom. The van der Waals surface area contributed by atoms with Gasteiger partial charge >= 0.3 is 0 Å². The van der Waals surface area contributed by atoms with Gasteiger partial charge in [0.1, 0.15) is 23.7 Å². The van der Waals surface area contributed by atoms with E-state index < -0.39 is 60.4 Å². The Bertz CT molecular complexity index is 1570. The number of rotatable bonds is 7. The fraction of sp³-hybridized carbons (Fsp3) is 0.276. The van der Waals surface area contributed by atoms with Crippen LogP contribution in [0.5, 0.6) is 0 Å². The molecule has 2 atom stereocenters. The number of carbonyl (C=O) groups excluding carboxylic acids is 3. The smallest absolute Gasteiger partial charge is 0.252 e. The Morgan fingerprint density at radius 2 is 1.93 bits per heavy atom. The van der Waals surface area contributed by atoms with Crippen molar-refractivity contribution in [1.29, 1.82) is 5.26 Å². The van der Waals surface area contributed by atoms with Crippen molar-refractivity contribution in [2.24, 2.45) is 0 Å². The molecule has 2 N–H and O–H groups in total. The standard InChI is InChI=1S/C29H24ClF3N6O3/c30-22-7-2-1-6-21(22)26(27(41)37-19-12-29(32,33)13-19)38(20-5-3-4-18(31)11-20)28(42)23-15-35-16-25(40)39(23)24-10-17(14-34)8-9-36-24/h1-11,19,23,26,35H,12-13,15-16H2,(H,37,41)/t23-,26-/m0/s1. The molecular formula is C29H24ClF3N6O3. The maximum Gasteiger partial charge on any atom is 0.252 e. The Morgan fingerprint density at radius 1 is 1.17 bits per heavy atom. The average molecular weight is 597 g/mol. The number of alkyl halides is 2. The zero-order valence-corrected chi connectivity index (χ0v) is 22.7. The van der Waals surface area contributed by atoms with Gasteiger partial charge in [-0.25, -0.2) is 18.2 Å². The monoisotopic (exact) mass is 596 g/mol. The number of carbonyl (C=O) groups is 3. The van der Waals surface area contributed by atoms with Gasteiger partial charge in [-0.15, -0.1) is 0 Å². The number of benzene rings is 2. The summed E-state index contributed by atoms with van der Waals surface area (Å²) in [5.74, 6) is -5.74. The van der Waals surface area contributed by atoms with Crippen LogP contribution in [-0.2, 0) is 14.4 Å². The third-order valence-corrected chi connectivity index (χ3v) is 7.41. The first-order valence-corrected chi connectivity index (χ1v) is 13.4. The highest BCUT2D eigenvalue weighted by atomic mass is 35.5. The number of nitrogens with zero attached hydrogens (tertiary/aromatic N) is 4. The van der Waals surface area contributed by atoms with Gasteiger partial charge in [0.25, 0.3) is 11.8 Å². The Hall–Kier alpha value is -4.47. The molecule has 1 aliphatic heterocycles. The molecule has 0 bridgehead atoms. The number of aromatic nitrogens is 1. The van der Waals surface area contributed by atoms with Crippen molar-refractivity contribution in [3.05, 3.63) is 88.8 Å². The van der Waals surface area contributed by atoms with Crippen LogP contribution < -0.4 is 20.4 Å². The minimum Gasteiger partial charge on any atom is -0.351 e. The lowest BCUT2D eigenvalue weighted by molar-refractivity contribution is -0.133. The van der Waals surface area contributed by atoms with Gasteiger partial charge in [-0.3, -0.25) is 24.2 Å². The van der Waals surface area contributed by atoms with Crippen LogP contribution in [0.15, 0.2) is 66.9 Å². The first kappa shape index (κ1) is 29.0. The molecule has 42 heavy (non-hydrogen) atoms. The van der Waals surface area contributed by atoms with Crippen molar-refractivity contribution in [3.8, 4) is 6.07 Å². The van der Waals surface area contributed by atoms with E-state index in [-0.39, 0.29) is 40.7 Å². The topological polar surface area (TPSA) is 118 Å². The molecule has 5 rings (SSSR count). The molecule has 1 saturated heterocycles. The number of hydrogen-bond acceptors (Lipinski definition) is 6. The van der Waals surface area contributed by atoms with Crippen LogP contribution in [0.2, 0.25) is 5.02 Å². The zero-order chi connectivity index (χ0) is 30.0. The lowest BCUT2D eigenvalue weighted by atomic mass is 9.87. The number of hydrogen-bond donors (Lipinski definition) is 2. The van der Waals surface area contributed by atoms with Gasteiger partial charge in [0.15, 0.2) is 0 Å². The summed E-state index contributed by atoms with van der Waals surface area (Å²) in [4.78, 5) is 47.9. The van der Waals surface area contributed by atoms with Gasteiger partial charge in [-0.1, -0.05) is 35.9 Å². The van der Waals surface area contributed by atoms with E-state index in [1.807, 2.05) is 6.07 Å². The maximum absolute atomic E-state index is 14.6. The summed E-state index contributed by atoms with van der Waals surface area (Å²) in [6.07, 6.45) is 0.179. The molecule has 2 heterocycles. The van der Waals surface area contributed by atoms with Crippen molar-refractivity contribution in [2.75, 3.05) is 22.9 Å². The van der Waals surface area contributed by atoms with Gasteiger partial charge in [0, 0.05) is 47.9 Å². The molecular weight excluding hydrogens is 573 g/mol. The number of anilines is 2. The summed E-state index contributed by atoms with van der Waals surface area (Å²) in [7, 11) is 0. The normalized spacial score (nSPS) is 18.9. The average Bonchev–Trinajstić information content (AvgIpc) is 2.95. The van der Waals surface area contributed by atoms with E-state index in [9.17, 15) is 32.8 Å². The van der Waals surface area contributed by atoms with Crippen LogP contribution in [0.25, 0.3) is 0 Å². The van der Waals surface area contributed by atoms with Gasteiger partial charge < -0.3 is 10.6 Å². The molecule has 13 heteroatoms. The molecule has 2 aromatic carbocycles. The Balaban J connectivity index is 1.62. The molecule has 0 spiro atoms. The van der Waals surface area contributed by atoms with Crippen molar-refractivity contribution in [1.82, 2.24) is 15.6 Å². The molecule has 216 valence electrons. The summed E-state index contributed by atoms with van der Waals surface area (Å²) < 4.78 is 41.8. The first-order valence-electron chi connectivity index (χ1n) is 13.0. The van der Waals surface area contributed by atoms with E-state index in [1.54, 1.807) is 12.1 Å². The summed E-state index contributed by atoms with van der Waals surface area (Å²) in [6, 6.07) is 12.2. The zero-order valence-electron chi connectivity index (χ0n) is 21.9. The van der Waals surface area contributed by atoms with E-state index in [4.69, 9.17) is 11.6 Å². The SMILES string of the molecule is N#Cc1ccnc(N2C(=O)CNC[C@H]2C(=O)N(c2cccc(F)c2)[C@H](C(=O)NC2CC(F)(F)C2)c2ccccc2Cl)c1. The molecule has 9 nitrogen and oxygen atoms in total. The van der Waals surface area contributed by atoms with E-state index in [0.29, 0.717) is 0 Å². The molecule has 3 aromatic rings. The summed E-state index contributed by atoms with van der Waals surface area (Å²) in [6.45, 7) is -0.201. The molecule has 3 amide bonds. The van der Waals surface area contributed by atoms with E-state index in [1.165, 1.54) is 42.6 Å². The molecule has 1 aliphatic carbocycles. The largest absolute Gasteiger partial charge is 0.351 e. The van der Waals surface area contributed by atoms with E-state index >= 15 is 0 Å².